The highest BCUT2D eigenvalue weighted by atomic mass is 35.5. The fourth-order valence-electron chi connectivity index (χ4n) is 1.84. The van der Waals surface area contributed by atoms with Gasteiger partial charge in [-0.15, -0.1) is 0 Å². The lowest BCUT2D eigenvalue weighted by atomic mass is 10.3. The maximum absolute atomic E-state index is 12.3. The van der Waals surface area contributed by atoms with Crippen molar-refractivity contribution in [3.8, 4) is 5.75 Å². The molecule has 0 radical (unpaired) electrons. The van der Waals surface area contributed by atoms with Crippen LogP contribution in [0.2, 0.25) is 5.02 Å². The zero-order valence-corrected chi connectivity index (χ0v) is 14.4. The second kappa shape index (κ2) is 7.52. The number of anilines is 2. The van der Waals surface area contributed by atoms with Crippen LogP contribution in [0.25, 0.3) is 0 Å². The highest BCUT2D eigenvalue weighted by Crippen LogP contribution is 2.27. The number of hydrogen-bond donors (Lipinski definition) is 2. The number of aromatic nitrogens is 1. The van der Waals surface area contributed by atoms with Gasteiger partial charge < -0.3 is 10.1 Å². The monoisotopic (exact) mass is 355 g/mol. The maximum atomic E-state index is 12.3. The van der Waals surface area contributed by atoms with Gasteiger partial charge in [-0.05, 0) is 36.8 Å². The summed E-state index contributed by atoms with van der Waals surface area (Å²) in [6.45, 7) is 2.89. The average Bonchev–Trinajstić information content (AvgIpc) is 2.54. The third-order valence-electron chi connectivity index (χ3n) is 3.02. The Kier molecular flexibility index (Phi) is 5.68. The van der Waals surface area contributed by atoms with Gasteiger partial charge in [-0.3, -0.25) is 4.72 Å². The van der Waals surface area contributed by atoms with E-state index in [-0.39, 0.29) is 15.7 Å². The smallest absolute Gasteiger partial charge is 0.263 e. The van der Waals surface area contributed by atoms with Gasteiger partial charge in [-0.25, -0.2) is 13.4 Å². The summed E-state index contributed by atoms with van der Waals surface area (Å²) >= 11 is 5.97. The summed E-state index contributed by atoms with van der Waals surface area (Å²) in [4.78, 5) is 4.13. The molecule has 1 heterocycles. The van der Waals surface area contributed by atoms with Gasteiger partial charge in [0.1, 0.15) is 11.6 Å². The Morgan fingerprint density at radius 1 is 1.26 bits per heavy atom. The Balaban J connectivity index is 2.16. The molecule has 6 nitrogen and oxygen atoms in total. The van der Waals surface area contributed by atoms with E-state index in [2.05, 4.69) is 21.9 Å². The van der Waals surface area contributed by atoms with E-state index in [1.807, 2.05) is 0 Å². The number of nitrogens with one attached hydrogen (secondary N) is 2. The molecule has 1 aromatic carbocycles. The number of pyridine rings is 1. The number of sulfonamides is 1. The number of halogens is 1. The first-order chi connectivity index (χ1) is 11.0. The summed E-state index contributed by atoms with van der Waals surface area (Å²) in [6, 6.07) is 7.62. The number of hydrogen-bond acceptors (Lipinski definition) is 5. The Labute approximate surface area is 140 Å². The number of methoxy groups -OCH3 is 1. The van der Waals surface area contributed by atoms with Crippen molar-refractivity contribution in [2.24, 2.45) is 0 Å². The molecule has 0 amide bonds. The van der Waals surface area contributed by atoms with Gasteiger partial charge in [0.25, 0.3) is 10.0 Å². The minimum Gasteiger partial charge on any atom is -0.495 e. The predicted molar refractivity (Wildman–Crippen MR) is 91.8 cm³/mol. The van der Waals surface area contributed by atoms with E-state index < -0.39 is 10.0 Å². The van der Waals surface area contributed by atoms with Gasteiger partial charge in [-0.1, -0.05) is 18.5 Å². The van der Waals surface area contributed by atoms with Crippen LogP contribution in [0, 0.1) is 0 Å². The van der Waals surface area contributed by atoms with Crippen LogP contribution in [-0.2, 0) is 10.0 Å². The molecule has 8 heteroatoms. The van der Waals surface area contributed by atoms with E-state index in [0.29, 0.717) is 5.75 Å². The first-order valence-corrected chi connectivity index (χ1v) is 8.88. The lowest BCUT2D eigenvalue weighted by molar-refractivity contribution is 0.414. The van der Waals surface area contributed by atoms with Crippen molar-refractivity contribution in [1.82, 2.24) is 4.98 Å². The summed E-state index contributed by atoms with van der Waals surface area (Å²) in [6.07, 6.45) is 2.57. The molecule has 0 aliphatic carbocycles. The lowest BCUT2D eigenvalue weighted by Crippen LogP contribution is -2.14. The van der Waals surface area contributed by atoms with Gasteiger partial charge in [-0.2, -0.15) is 0 Å². The standard InChI is InChI=1S/C15H18ClN3O3S/c1-3-8-17-11-4-7-15(18-10-11)19-23(20,21)12-5-6-14(22-2)13(16)9-12/h4-7,9-10,17H,3,8H2,1-2H3,(H,18,19). The number of ether oxygens (including phenoxy) is 1. The van der Waals surface area contributed by atoms with Crippen molar-refractivity contribution >= 4 is 33.1 Å². The van der Waals surface area contributed by atoms with Gasteiger partial charge >= 0.3 is 0 Å². The molecule has 0 unspecified atom stereocenters. The molecular weight excluding hydrogens is 338 g/mol. The highest BCUT2D eigenvalue weighted by Gasteiger charge is 2.16. The molecule has 23 heavy (non-hydrogen) atoms. The van der Waals surface area contributed by atoms with Crippen LogP contribution in [0.1, 0.15) is 13.3 Å². The maximum Gasteiger partial charge on any atom is 0.263 e. The lowest BCUT2D eigenvalue weighted by Gasteiger charge is -2.10. The molecule has 0 aliphatic heterocycles. The van der Waals surface area contributed by atoms with Crippen molar-refractivity contribution in [3.05, 3.63) is 41.6 Å². The summed E-state index contributed by atoms with van der Waals surface area (Å²) in [7, 11) is -2.30. The van der Waals surface area contributed by atoms with Crippen molar-refractivity contribution in [2.75, 3.05) is 23.7 Å². The van der Waals surface area contributed by atoms with Gasteiger partial charge in [0.15, 0.2) is 0 Å². The zero-order valence-electron chi connectivity index (χ0n) is 12.8. The minimum atomic E-state index is -3.76. The van der Waals surface area contributed by atoms with Crippen LogP contribution in [-0.4, -0.2) is 27.1 Å². The van der Waals surface area contributed by atoms with Gasteiger partial charge in [0, 0.05) is 6.54 Å². The largest absolute Gasteiger partial charge is 0.495 e. The fraction of sp³-hybridized carbons (Fsp3) is 0.267. The van der Waals surface area contributed by atoms with Gasteiger partial charge in [0.05, 0.1) is 28.9 Å². The molecule has 2 aromatic rings. The summed E-state index contributed by atoms with van der Waals surface area (Å²) in [5, 5.41) is 3.39. The Hall–Kier alpha value is -1.99. The first-order valence-electron chi connectivity index (χ1n) is 7.02. The quantitative estimate of drug-likeness (QED) is 0.796. The van der Waals surface area contributed by atoms with Crippen LogP contribution < -0.4 is 14.8 Å². The Bertz CT molecular complexity index is 764. The minimum absolute atomic E-state index is 0.0401. The molecule has 2 rings (SSSR count). The molecule has 1 aromatic heterocycles. The summed E-state index contributed by atoms with van der Waals surface area (Å²) in [5.74, 6) is 0.647. The van der Waals surface area contributed by atoms with E-state index in [1.54, 1.807) is 18.3 Å². The highest BCUT2D eigenvalue weighted by molar-refractivity contribution is 7.92. The normalized spacial score (nSPS) is 11.1. The SMILES string of the molecule is CCCNc1ccc(NS(=O)(=O)c2ccc(OC)c(Cl)c2)nc1. The zero-order chi connectivity index (χ0) is 16.9. The van der Waals surface area contributed by atoms with Crippen LogP contribution >= 0.6 is 11.6 Å². The molecule has 0 spiro atoms. The van der Waals surface area contributed by atoms with E-state index in [0.717, 1.165) is 18.7 Å². The number of benzene rings is 1. The second-order valence-electron chi connectivity index (χ2n) is 4.76. The molecule has 0 aliphatic rings. The van der Waals surface area contributed by atoms with Crippen molar-refractivity contribution in [3.63, 3.8) is 0 Å². The van der Waals surface area contributed by atoms with Crippen LogP contribution in [0.15, 0.2) is 41.4 Å². The summed E-state index contributed by atoms with van der Waals surface area (Å²) < 4.78 is 32.1. The average molecular weight is 356 g/mol. The van der Waals surface area contributed by atoms with Crippen LogP contribution in [0.4, 0.5) is 11.5 Å². The molecule has 0 saturated heterocycles. The predicted octanol–water partition coefficient (Wildman–Crippen LogP) is 3.37. The molecule has 0 bridgehead atoms. The van der Waals surface area contributed by atoms with Crippen molar-refractivity contribution in [2.45, 2.75) is 18.2 Å². The third kappa shape index (κ3) is 4.49. The second-order valence-corrected chi connectivity index (χ2v) is 6.85. The fourth-order valence-corrected chi connectivity index (χ4v) is 3.20. The Morgan fingerprint density at radius 2 is 2.04 bits per heavy atom. The molecule has 2 N–H and O–H groups in total. The molecule has 124 valence electrons. The number of rotatable bonds is 7. The third-order valence-corrected chi connectivity index (χ3v) is 4.66. The molecular formula is C15H18ClN3O3S. The molecule has 0 fully saturated rings. The van der Waals surface area contributed by atoms with Crippen molar-refractivity contribution < 1.29 is 13.2 Å². The van der Waals surface area contributed by atoms with Gasteiger partial charge in [0.2, 0.25) is 0 Å². The topological polar surface area (TPSA) is 80.3 Å². The van der Waals surface area contributed by atoms with E-state index in [1.165, 1.54) is 25.3 Å². The number of nitrogens with zero attached hydrogens (tertiary/aromatic N) is 1. The molecule has 0 atom stereocenters. The van der Waals surface area contributed by atoms with Crippen LogP contribution in [0.3, 0.4) is 0 Å². The van der Waals surface area contributed by atoms with E-state index in [9.17, 15) is 8.42 Å². The summed E-state index contributed by atoms with van der Waals surface area (Å²) in [5.41, 5.74) is 0.835. The Morgan fingerprint density at radius 3 is 2.61 bits per heavy atom. The van der Waals surface area contributed by atoms with E-state index >= 15 is 0 Å². The molecule has 0 saturated carbocycles. The van der Waals surface area contributed by atoms with Crippen molar-refractivity contribution in [1.29, 1.82) is 0 Å². The van der Waals surface area contributed by atoms with E-state index in [4.69, 9.17) is 16.3 Å². The first kappa shape index (κ1) is 17.4. The van der Waals surface area contributed by atoms with Crippen LogP contribution in [0.5, 0.6) is 5.75 Å².